The summed E-state index contributed by atoms with van der Waals surface area (Å²) in [4.78, 5) is 4.55. The predicted molar refractivity (Wildman–Crippen MR) is 84.8 cm³/mol. The molecule has 0 aliphatic carbocycles. The SMILES string of the molecule is COc1ccc(CN)cc1OCc1nc2ccccc2s1. The number of hydrogen-bond donors (Lipinski definition) is 1. The zero-order chi connectivity index (χ0) is 14.7. The van der Waals surface area contributed by atoms with Gasteiger partial charge in [-0.1, -0.05) is 18.2 Å². The Hall–Kier alpha value is -2.11. The van der Waals surface area contributed by atoms with Gasteiger partial charge in [0.1, 0.15) is 11.6 Å². The summed E-state index contributed by atoms with van der Waals surface area (Å²) in [5, 5.41) is 0.941. The van der Waals surface area contributed by atoms with Crippen LogP contribution in [0.25, 0.3) is 10.2 Å². The highest BCUT2D eigenvalue weighted by Crippen LogP contribution is 2.30. The lowest BCUT2D eigenvalue weighted by Gasteiger charge is -2.10. The highest BCUT2D eigenvalue weighted by molar-refractivity contribution is 7.18. The number of rotatable bonds is 5. The third kappa shape index (κ3) is 2.99. The number of para-hydroxylation sites is 1. The minimum absolute atomic E-state index is 0.420. The van der Waals surface area contributed by atoms with Crippen molar-refractivity contribution in [2.75, 3.05) is 7.11 Å². The molecule has 1 aromatic heterocycles. The van der Waals surface area contributed by atoms with E-state index in [1.165, 1.54) is 4.70 Å². The van der Waals surface area contributed by atoms with Crippen molar-refractivity contribution in [3.05, 3.63) is 53.0 Å². The van der Waals surface area contributed by atoms with Gasteiger partial charge < -0.3 is 15.2 Å². The highest BCUT2D eigenvalue weighted by Gasteiger charge is 2.08. The first-order valence-electron chi connectivity index (χ1n) is 6.64. The number of ether oxygens (including phenoxy) is 2. The summed E-state index contributed by atoms with van der Waals surface area (Å²) in [5.74, 6) is 1.40. The van der Waals surface area contributed by atoms with Gasteiger partial charge >= 0.3 is 0 Å². The lowest BCUT2D eigenvalue weighted by molar-refractivity contribution is 0.284. The van der Waals surface area contributed by atoms with E-state index in [4.69, 9.17) is 15.2 Å². The van der Waals surface area contributed by atoms with E-state index in [1.807, 2.05) is 36.4 Å². The van der Waals surface area contributed by atoms with Gasteiger partial charge in [-0.2, -0.15) is 0 Å². The van der Waals surface area contributed by atoms with Gasteiger partial charge in [-0.25, -0.2) is 4.98 Å². The zero-order valence-corrected chi connectivity index (χ0v) is 12.5. The van der Waals surface area contributed by atoms with E-state index in [9.17, 15) is 0 Å². The normalized spacial score (nSPS) is 10.8. The van der Waals surface area contributed by atoms with E-state index in [-0.39, 0.29) is 0 Å². The van der Waals surface area contributed by atoms with Crippen molar-refractivity contribution >= 4 is 21.6 Å². The number of nitrogens with two attached hydrogens (primary N) is 1. The molecule has 21 heavy (non-hydrogen) atoms. The highest BCUT2D eigenvalue weighted by atomic mass is 32.1. The molecule has 3 rings (SSSR count). The minimum Gasteiger partial charge on any atom is -0.493 e. The largest absolute Gasteiger partial charge is 0.493 e. The maximum Gasteiger partial charge on any atom is 0.162 e. The van der Waals surface area contributed by atoms with E-state index in [1.54, 1.807) is 18.4 Å². The Morgan fingerprint density at radius 2 is 2.00 bits per heavy atom. The lowest BCUT2D eigenvalue weighted by Crippen LogP contribution is -2.00. The Balaban J connectivity index is 1.80. The van der Waals surface area contributed by atoms with Gasteiger partial charge in [-0.15, -0.1) is 11.3 Å². The summed E-state index contributed by atoms with van der Waals surface area (Å²) in [7, 11) is 1.63. The molecule has 0 saturated heterocycles. The first-order valence-corrected chi connectivity index (χ1v) is 7.46. The molecule has 0 saturated carbocycles. The number of methoxy groups -OCH3 is 1. The van der Waals surface area contributed by atoms with E-state index in [2.05, 4.69) is 11.1 Å². The topological polar surface area (TPSA) is 57.4 Å². The third-order valence-corrected chi connectivity index (χ3v) is 4.16. The van der Waals surface area contributed by atoms with Gasteiger partial charge in [-0.3, -0.25) is 0 Å². The van der Waals surface area contributed by atoms with Crippen LogP contribution in [0.2, 0.25) is 0 Å². The second-order valence-electron chi connectivity index (χ2n) is 4.55. The molecule has 0 spiro atoms. The van der Waals surface area contributed by atoms with Crippen LogP contribution in [-0.4, -0.2) is 12.1 Å². The molecule has 4 nitrogen and oxygen atoms in total. The molecule has 3 aromatic rings. The van der Waals surface area contributed by atoms with Crippen molar-refractivity contribution in [3.63, 3.8) is 0 Å². The summed E-state index contributed by atoms with van der Waals surface area (Å²) in [5.41, 5.74) is 7.67. The van der Waals surface area contributed by atoms with Crippen molar-refractivity contribution in [2.45, 2.75) is 13.2 Å². The monoisotopic (exact) mass is 300 g/mol. The van der Waals surface area contributed by atoms with E-state index < -0.39 is 0 Å². The minimum atomic E-state index is 0.420. The van der Waals surface area contributed by atoms with Gasteiger partial charge in [0.05, 0.1) is 17.3 Å². The van der Waals surface area contributed by atoms with Crippen LogP contribution < -0.4 is 15.2 Å². The fourth-order valence-electron chi connectivity index (χ4n) is 2.08. The Kier molecular flexibility index (Phi) is 4.03. The number of aromatic nitrogens is 1. The van der Waals surface area contributed by atoms with E-state index >= 15 is 0 Å². The average Bonchev–Trinajstić information content (AvgIpc) is 2.95. The molecule has 2 aromatic carbocycles. The first kappa shape index (κ1) is 13.9. The van der Waals surface area contributed by atoms with E-state index in [0.717, 1.165) is 16.1 Å². The molecule has 0 bridgehead atoms. The van der Waals surface area contributed by atoms with Crippen LogP contribution in [0.5, 0.6) is 11.5 Å². The molecule has 0 radical (unpaired) electrons. The molecule has 108 valence electrons. The Bertz CT molecular complexity index is 722. The molecule has 5 heteroatoms. The Labute approximate surface area is 127 Å². The van der Waals surface area contributed by atoms with Crippen LogP contribution in [-0.2, 0) is 13.2 Å². The van der Waals surface area contributed by atoms with Crippen LogP contribution in [0.3, 0.4) is 0 Å². The lowest BCUT2D eigenvalue weighted by atomic mass is 10.2. The second-order valence-corrected chi connectivity index (χ2v) is 5.67. The maximum atomic E-state index is 5.85. The molecule has 0 amide bonds. The van der Waals surface area contributed by atoms with Gasteiger partial charge in [0, 0.05) is 6.54 Å². The van der Waals surface area contributed by atoms with Crippen LogP contribution in [0.1, 0.15) is 10.6 Å². The number of hydrogen-bond acceptors (Lipinski definition) is 5. The van der Waals surface area contributed by atoms with Crippen molar-refractivity contribution < 1.29 is 9.47 Å². The number of nitrogens with zero attached hydrogens (tertiary/aromatic N) is 1. The molecule has 2 N–H and O–H groups in total. The van der Waals surface area contributed by atoms with Crippen LogP contribution in [0.15, 0.2) is 42.5 Å². The molecule has 0 aliphatic heterocycles. The average molecular weight is 300 g/mol. The molecule has 0 atom stereocenters. The Morgan fingerprint density at radius 1 is 1.14 bits per heavy atom. The number of benzene rings is 2. The van der Waals surface area contributed by atoms with Gasteiger partial charge in [0.2, 0.25) is 0 Å². The smallest absolute Gasteiger partial charge is 0.162 e. The summed E-state index contributed by atoms with van der Waals surface area (Å²) in [6.45, 7) is 0.894. The van der Waals surface area contributed by atoms with Crippen molar-refractivity contribution in [3.8, 4) is 11.5 Å². The molecule has 0 fully saturated rings. The fourth-order valence-corrected chi connectivity index (χ4v) is 2.96. The van der Waals surface area contributed by atoms with Crippen LogP contribution in [0, 0.1) is 0 Å². The molecular formula is C16H16N2O2S. The van der Waals surface area contributed by atoms with Gasteiger partial charge in [0.15, 0.2) is 11.5 Å². The Morgan fingerprint density at radius 3 is 2.76 bits per heavy atom. The van der Waals surface area contributed by atoms with Gasteiger partial charge in [0.25, 0.3) is 0 Å². The summed E-state index contributed by atoms with van der Waals surface area (Å²) in [6.07, 6.45) is 0. The van der Waals surface area contributed by atoms with Crippen molar-refractivity contribution in [1.29, 1.82) is 0 Å². The van der Waals surface area contributed by atoms with Crippen LogP contribution in [0.4, 0.5) is 0 Å². The summed E-state index contributed by atoms with van der Waals surface area (Å²) >= 11 is 1.64. The molecule has 0 unspecified atom stereocenters. The fraction of sp³-hybridized carbons (Fsp3) is 0.188. The molecular weight excluding hydrogens is 284 g/mol. The number of fused-ring (bicyclic) bond motifs is 1. The predicted octanol–water partition coefficient (Wildman–Crippen LogP) is 3.34. The molecule has 0 aliphatic rings. The zero-order valence-electron chi connectivity index (χ0n) is 11.7. The van der Waals surface area contributed by atoms with Crippen LogP contribution >= 0.6 is 11.3 Å². The maximum absolute atomic E-state index is 5.85. The van der Waals surface area contributed by atoms with Gasteiger partial charge in [-0.05, 0) is 29.8 Å². The van der Waals surface area contributed by atoms with E-state index in [0.29, 0.717) is 24.7 Å². The molecule has 1 heterocycles. The second kappa shape index (κ2) is 6.11. The number of thiazole rings is 1. The van der Waals surface area contributed by atoms with Crippen molar-refractivity contribution in [2.24, 2.45) is 5.73 Å². The summed E-state index contributed by atoms with van der Waals surface area (Å²) in [6, 6.07) is 13.8. The summed E-state index contributed by atoms with van der Waals surface area (Å²) < 4.78 is 12.3. The first-order chi connectivity index (χ1) is 10.3. The third-order valence-electron chi connectivity index (χ3n) is 3.15. The quantitative estimate of drug-likeness (QED) is 0.785. The van der Waals surface area contributed by atoms with Crippen molar-refractivity contribution in [1.82, 2.24) is 4.98 Å². The standard InChI is InChI=1S/C16H16N2O2S/c1-19-13-7-6-11(9-17)8-14(13)20-10-16-18-12-4-2-3-5-15(12)21-16/h2-8H,9-10,17H2,1H3.